The van der Waals surface area contributed by atoms with E-state index in [2.05, 4.69) is 25.1 Å². The van der Waals surface area contributed by atoms with Gasteiger partial charge in [-0.05, 0) is 18.6 Å². The van der Waals surface area contributed by atoms with E-state index < -0.39 is 11.7 Å². The Morgan fingerprint density at radius 3 is 2.82 bits per heavy atom. The van der Waals surface area contributed by atoms with Crippen molar-refractivity contribution in [1.82, 2.24) is 34.1 Å². The molecule has 4 aromatic heterocycles. The highest BCUT2D eigenvalue weighted by atomic mass is 19.1. The molecule has 0 aliphatic carbocycles. The van der Waals surface area contributed by atoms with Crippen molar-refractivity contribution in [2.75, 3.05) is 0 Å². The third-order valence-electron chi connectivity index (χ3n) is 4.37. The molecular formula is C18H17FN8O. The second-order valence-corrected chi connectivity index (χ2v) is 6.21. The Bertz CT molecular complexity index is 1170. The number of carbonyl (C=O) groups excluding carboxylic acids is 1. The van der Waals surface area contributed by atoms with Gasteiger partial charge in [-0.25, -0.2) is 19.3 Å². The third-order valence-corrected chi connectivity index (χ3v) is 4.37. The molecule has 142 valence electrons. The zero-order valence-electron chi connectivity index (χ0n) is 15.1. The van der Waals surface area contributed by atoms with Crippen molar-refractivity contribution in [1.29, 1.82) is 0 Å². The first kappa shape index (κ1) is 17.7. The van der Waals surface area contributed by atoms with Crippen LogP contribution in [0.25, 0.3) is 17.2 Å². The number of hydrogen-bond donors (Lipinski definition) is 1. The van der Waals surface area contributed by atoms with E-state index in [1.54, 1.807) is 17.0 Å². The maximum Gasteiger partial charge on any atom is 0.287 e. The number of nitrogens with zero attached hydrogens (tertiary/aromatic N) is 7. The Morgan fingerprint density at radius 2 is 2.07 bits per heavy atom. The number of imidazole rings is 1. The molecule has 4 heterocycles. The fourth-order valence-electron chi connectivity index (χ4n) is 3.12. The lowest BCUT2D eigenvalue weighted by molar-refractivity contribution is 0.0989. The average Bonchev–Trinajstić information content (AvgIpc) is 3.31. The number of rotatable bonds is 6. The monoisotopic (exact) mass is 380 g/mol. The summed E-state index contributed by atoms with van der Waals surface area (Å²) in [5.41, 5.74) is 7.64. The van der Waals surface area contributed by atoms with Crippen LogP contribution in [0.5, 0.6) is 0 Å². The van der Waals surface area contributed by atoms with Gasteiger partial charge in [-0.1, -0.05) is 13.3 Å². The van der Waals surface area contributed by atoms with E-state index in [0.717, 1.165) is 17.7 Å². The van der Waals surface area contributed by atoms with Crippen molar-refractivity contribution >= 4 is 11.6 Å². The van der Waals surface area contributed by atoms with Crippen molar-refractivity contribution in [3.63, 3.8) is 0 Å². The molecule has 10 heteroatoms. The number of primary amides is 1. The first-order valence-electron chi connectivity index (χ1n) is 8.73. The van der Waals surface area contributed by atoms with Crippen LogP contribution < -0.4 is 5.73 Å². The quantitative estimate of drug-likeness (QED) is 0.543. The number of hydrogen-bond acceptors (Lipinski definition) is 6. The van der Waals surface area contributed by atoms with Crippen molar-refractivity contribution in [3.05, 3.63) is 59.9 Å². The maximum absolute atomic E-state index is 14.2. The number of carbonyl (C=O) groups is 1. The molecule has 0 fully saturated rings. The van der Waals surface area contributed by atoms with E-state index in [-0.39, 0.29) is 11.5 Å². The molecule has 0 saturated carbocycles. The van der Waals surface area contributed by atoms with Gasteiger partial charge < -0.3 is 10.3 Å². The van der Waals surface area contributed by atoms with E-state index in [4.69, 9.17) is 5.73 Å². The summed E-state index contributed by atoms with van der Waals surface area (Å²) in [7, 11) is 0. The second kappa shape index (κ2) is 7.14. The summed E-state index contributed by atoms with van der Waals surface area (Å²) in [5.74, 6) is -0.686. The molecule has 9 nitrogen and oxygen atoms in total. The molecular weight excluding hydrogens is 363 g/mol. The van der Waals surface area contributed by atoms with Crippen molar-refractivity contribution in [3.8, 4) is 11.5 Å². The van der Waals surface area contributed by atoms with Crippen LogP contribution >= 0.6 is 0 Å². The lowest BCUT2D eigenvalue weighted by atomic mass is 10.1. The molecule has 0 atom stereocenters. The maximum atomic E-state index is 14.2. The molecule has 0 unspecified atom stereocenters. The number of aryl methyl sites for hydroxylation is 1. The largest absolute Gasteiger partial charge is 0.363 e. The molecule has 0 bridgehead atoms. The van der Waals surface area contributed by atoms with Gasteiger partial charge in [-0.3, -0.25) is 9.20 Å². The summed E-state index contributed by atoms with van der Waals surface area (Å²) >= 11 is 0. The molecule has 28 heavy (non-hydrogen) atoms. The lowest BCUT2D eigenvalue weighted by Gasteiger charge is -2.12. The Kier molecular flexibility index (Phi) is 4.52. The highest BCUT2D eigenvalue weighted by Crippen LogP contribution is 2.22. The molecule has 0 radical (unpaired) electrons. The Balaban J connectivity index is 1.79. The number of nitrogens with two attached hydrogens (primary N) is 1. The highest BCUT2D eigenvalue weighted by Gasteiger charge is 2.19. The Hall–Kier alpha value is -3.69. The molecule has 2 N–H and O–H groups in total. The van der Waals surface area contributed by atoms with Crippen LogP contribution in [0.1, 0.15) is 35.2 Å². The number of amides is 1. The average molecular weight is 380 g/mol. The summed E-state index contributed by atoms with van der Waals surface area (Å²) in [4.78, 5) is 24.4. The van der Waals surface area contributed by atoms with Crippen LogP contribution in [0, 0.1) is 5.82 Å². The summed E-state index contributed by atoms with van der Waals surface area (Å²) in [6.45, 7) is 2.38. The lowest BCUT2D eigenvalue weighted by Crippen LogP contribution is -2.16. The topological polar surface area (TPSA) is 117 Å². The molecule has 1 amide bonds. The smallest absolute Gasteiger partial charge is 0.287 e. The minimum atomic E-state index is -0.674. The van der Waals surface area contributed by atoms with Gasteiger partial charge in [0.05, 0.1) is 12.2 Å². The van der Waals surface area contributed by atoms with Crippen LogP contribution in [-0.4, -0.2) is 40.0 Å². The van der Waals surface area contributed by atoms with E-state index in [0.29, 0.717) is 24.4 Å². The number of pyridine rings is 1. The number of fused-ring (bicyclic) bond motifs is 1. The standard InChI is InChI=1S/C18H17FN8O/c1-2-4-11-13(23-10-27-16(11)24-25-18(27)15(20)28)9-26-8-7-22-17(26)14-12(19)5-3-6-21-14/h3,5-8,10H,2,4,9H2,1H3,(H2,20,28). The minimum Gasteiger partial charge on any atom is -0.363 e. The Labute approximate surface area is 159 Å². The van der Waals surface area contributed by atoms with Gasteiger partial charge in [0, 0.05) is 24.2 Å². The van der Waals surface area contributed by atoms with Gasteiger partial charge in [0.15, 0.2) is 17.3 Å². The second-order valence-electron chi connectivity index (χ2n) is 6.21. The van der Waals surface area contributed by atoms with Gasteiger partial charge in [-0.2, -0.15) is 0 Å². The van der Waals surface area contributed by atoms with Gasteiger partial charge >= 0.3 is 0 Å². The van der Waals surface area contributed by atoms with Crippen molar-refractivity contribution < 1.29 is 9.18 Å². The normalized spacial score (nSPS) is 11.2. The molecule has 0 aromatic carbocycles. The minimum absolute atomic E-state index is 0.0327. The third kappa shape index (κ3) is 2.98. The summed E-state index contributed by atoms with van der Waals surface area (Å²) in [6, 6.07) is 2.87. The zero-order chi connectivity index (χ0) is 19.7. The van der Waals surface area contributed by atoms with Gasteiger partial charge in [0.1, 0.15) is 12.0 Å². The van der Waals surface area contributed by atoms with Crippen LogP contribution in [0.4, 0.5) is 4.39 Å². The van der Waals surface area contributed by atoms with Crippen molar-refractivity contribution in [2.24, 2.45) is 5.73 Å². The van der Waals surface area contributed by atoms with Gasteiger partial charge in [0.25, 0.3) is 5.91 Å². The summed E-state index contributed by atoms with van der Waals surface area (Å²) in [6.07, 6.45) is 7.85. The zero-order valence-corrected chi connectivity index (χ0v) is 15.1. The first-order chi connectivity index (χ1) is 13.6. The van der Waals surface area contributed by atoms with E-state index in [1.165, 1.54) is 29.1 Å². The molecule has 4 aromatic rings. The number of aromatic nitrogens is 7. The van der Waals surface area contributed by atoms with Gasteiger partial charge in [0.2, 0.25) is 5.82 Å². The first-order valence-corrected chi connectivity index (χ1v) is 8.73. The summed E-state index contributed by atoms with van der Waals surface area (Å²) < 4.78 is 17.4. The van der Waals surface area contributed by atoms with E-state index in [1.807, 2.05) is 6.92 Å². The van der Waals surface area contributed by atoms with Crippen LogP contribution in [0.2, 0.25) is 0 Å². The predicted octanol–water partition coefficient (Wildman–Crippen LogP) is 1.62. The van der Waals surface area contributed by atoms with E-state index in [9.17, 15) is 9.18 Å². The van der Waals surface area contributed by atoms with Gasteiger partial charge in [-0.15, -0.1) is 10.2 Å². The molecule has 0 spiro atoms. The SMILES string of the molecule is CCCc1c(Cn2ccnc2-c2ncccc2F)ncn2c(C(N)=O)nnc12. The fourth-order valence-corrected chi connectivity index (χ4v) is 3.12. The molecule has 0 saturated heterocycles. The van der Waals surface area contributed by atoms with E-state index >= 15 is 0 Å². The van der Waals surface area contributed by atoms with Crippen LogP contribution in [0.3, 0.4) is 0 Å². The summed E-state index contributed by atoms with van der Waals surface area (Å²) in [5, 5.41) is 7.99. The number of halogens is 1. The fraction of sp³-hybridized carbons (Fsp3) is 0.222. The van der Waals surface area contributed by atoms with Crippen LogP contribution in [-0.2, 0) is 13.0 Å². The Morgan fingerprint density at radius 1 is 1.21 bits per heavy atom. The molecule has 0 aliphatic heterocycles. The van der Waals surface area contributed by atoms with Crippen LogP contribution in [0.15, 0.2) is 37.1 Å². The van der Waals surface area contributed by atoms with Crippen molar-refractivity contribution in [2.45, 2.75) is 26.3 Å². The predicted molar refractivity (Wildman–Crippen MR) is 97.8 cm³/mol. The highest BCUT2D eigenvalue weighted by molar-refractivity contribution is 5.89. The molecule has 0 aliphatic rings. The molecule has 4 rings (SSSR count).